The van der Waals surface area contributed by atoms with Crippen molar-refractivity contribution in [2.24, 2.45) is 0 Å². The van der Waals surface area contributed by atoms with Crippen LogP contribution in [-0.4, -0.2) is 73.4 Å². The summed E-state index contributed by atoms with van der Waals surface area (Å²) in [6, 6.07) is -0.862. The Bertz CT molecular complexity index is 1170. The maximum absolute atomic E-state index is 13.0. The van der Waals surface area contributed by atoms with Gasteiger partial charge >= 0.3 is 7.82 Å². The average molecular weight is 953 g/mol. The van der Waals surface area contributed by atoms with E-state index in [2.05, 4.69) is 43.5 Å². The Morgan fingerprint density at radius 1 is 0.500 bits per heavy atom. The van der Waals surface area contributed by atoms with Gasteiger partial charge in [0.2, 0.25) is 5.91 Å². The van der Waals surface area contributed by atoms with Crippen molar-refractivity contribution in [2.75, 3.05) is 40.9 Å². The Kier molecular flexibility index (Phi) is 47.8. The van der Waals surface area contributed by atoms with Crippen LogP contribution in [0.4, 0.5) is 0 Å². The van der Waals surface area contributed by atoms with E-state index in [0.717, 1.165) is 38.5 Å². The van der Waals surface area contributed by atoms with E-state index in [1.807, 2.05) is 27.2 Å². The van der Waals surface area contributed by atoms with Gasteiger partial charge in [0.1, 0.15) is 13.2 Å². The third-order valence-corrected chi connectivity index (χ3v) is 13.8. The molecule has 0 saturated heterocycles. The summed E-state index contributed by atoms with van der Waals surface area (Å²) in [6.45, 7) is 4.82. The molecule has 0 heterocycles. The van der Waals surface area contributed by atoms with Crippen molar-refractivity contribution in [2.45, 2.75) is 283 Å². The highest BCUT2D eigenvalue weighted by atomic mass is 31.2. The minimum Gasteiger partial charge on any atom is -0.387 e. The number of amides is 1. The molecule has 0 fully saturated rings. The Balaban J connectivity index is 4.16. The molecule has 0 aromatic carbocycles. The molecule has 3 atom stereocenters. The molecular weight excluding hydrogens is 840 g/mol. The number of allylic oxidation sites excluding steroid dienone is 5. The van der Waals surface area contributed by atoms with Gasteiger partial charge < -0.3 is 19.8 Å². The Hall–Kier alpha value is -1.28. The van der Waals surface area contributed by atoms with Gasteiger partial charge in [-0.1, -0.05) is 243 Å². The molecule has 0 aliphatic carbocycles. The van der Waals surface area contributed by atoms with Crippen LogP contribution in [0.25, 0.3) is 0 Å². The third kappa shape index (κ3) is 50.6. The monoisotopic (exact) mass is 952 g/mol. The summed E-state index contributed by atoms with van der Waals surface area (Å²) < 4.78 is 23.7. The zero-order valence-electron chi connectivity index (χ0n) is 44.4. The molecule has 0 aliphatic rings. The van der Waals surface area contributed by atoms with E-state index in [-0.39, 0.29) is 19.1 Å². The van der Waals surface area contributed by atoms with Crippen LogP contribution in [0.2, 0.25) is 0 Å². The van der Waals surface area contributed by atoms with Gasteiger partial charge in [0.15, 0.2) is 0 Å². The maximum atomic E-state index is 13.0. The number of carbonyl (C=O) groups is 1. The number of hydrogen-bond donors (Lipinski definition) is 3. The minimum atomic E-state index is -4.35. The second kappa shape index (κ2) is 48.7. The van der Waals surface area contributed by atoms with Crippen LogP contribution in [0, 0.1) is 0 Å². The van der Waals surface area contributed by atoms with Crippen molar-refractivity contribution in [3.05, 3.63) is 36.5 Å². The second-order valence-corrected chi connectivity index (χ2v) is 22.1. The first kappa shape index (κ1) is 64.7. The van der Waals surface area contributed by atoms with E-state index in [1.165, 1.54) is 212 Å². The van der Waals surface area contributed by atoms with Gasteiger partial charge in [0.25, 0.3) is 0 Å². The molecule has 0 aromatic rings. The number of phosphoric acid groups is 1. The lowest BCUT2D eigenvalue weighted by Crippen LogP contribution is -2.45. The van der Waals surface area contributed by atoms with Crippen LogP contribution < -0.4 is 5.32 Å². The first-order chi connectivity index (χ1) is 32.0. The number of rotatable bonds is 52. The highest BCUT2D eigenvalue weighted by molar-refractivity contribution is 7.47. The summed E-state index contributed by atoms with van der Waals surface area (Å²) >= 11 is 0. The zero-order valence-corrected chi connectivity index (χ0v) is 45.3. The van der Waals surface area contributed by atoms with Gasteiger partial charge in [-0.05, 0) is 57.8 Å². The standard InChI is InChI=1S/C57H111N2O6P/c1-6-8-10-12-14-16-18-20-22-24-25-26-27-28-29-30-31-32-33-34-35-37-39-41-43-45-47-49-51-57(61)58-55(54-65-66(62,63)64-53-52-59(3,4)5)56(60)50-48-46-44-42-40-38-36-23-21-19-17-15-13-11-9-7-2/h28-29,40,42,48,50,55-56,60H,6-27,30-39,41,43-47,49,51-54H2,1-5H3,(H-,58,61,62,63)/p+1/b29-28-,42-40+,50-48+. The molecule has 1 amide bonds. The Labute approximate surface area is 410 Å². The topological polar surface area (TPSA) is 105 Å². The van der Waals surface area contributed by atoms with Crippen LogP contribution in [0.15, 0.2) is 36.5 Å². The molecule has 66 heavy (non-hydrogen) atoms. The smallest absolute Gasteiger partial charge is 0.387 e. The van der Waals surface area contributed by atoms with E-state index < -0.39 is 20.0 Å². The number of aliphatic hydroxyl groups is 1. The van der Waals surface area contributed by atoms with E-state index in [9.17, 15) is 19.4 Å². The average Bonchev–Trinajstić information content (AvgIpc) is 3.28. The van der Waals surface area contributed by atoms with Gasteiger partial charge in [-0.25, -0.2) is 4.57 Å². The van der Waals surface area contributed by atoms with Gasteiger partial charge in [-0.3, -0.25) is 13.8 Å². The Morgan fingerprint density at radius 3 is 1.21 bits per heavy atom. The maximum Gasteiger partial charge on any atom is 0.472 e. The predicted octanol–water partition coefficient (Wildman–Crippen LogP) is 17.0. The molecule has 0 saturated carbocycles. The summed E-state index contributed by atoms with van der Waals surface area (Å²) in [4.78, 5) is 23.3. The molecule has 3 N–H and O–H groups in total. The predicted molar refractivity (Wildman–Crippen MR) is 286 cm³/mol. The van der Waals surface area contributed by atoms with Crippen molar-refractivity contribution < 1.29 is 32.9 Å². The fraction of sp³-hybridized carbons (Fsp3) is 0.877. The van der Waals surface area contributed by atoms with Crippen LogP contribution in [0.5, 0.6) is 0 Å². The molecule has 0 aliphatic heterocycles. The van der Waals surface area contributed by atoms with Crippen molar-refractivity contribution in [3.63, 3.8) is 0 Å². The number of nitrogens with zero attached hydrogens (tertiary/aromatic N) is 1. The first-order valence-electron chi connectivity index (χ1n) is 28.4. The van der Waals surface area contributed by atoms with Gasteiger partial charge in [0, 0.05) is 6.42 Å². The van der Waals surface area contributed by atoms with Crippen molar-refractivity contribution in [1.29, 1.82) is 0 Å². The normalized spacial score (nSPS) is 14.2. The molecule has 0 bridgehead atoms. The number of phosphoric ester groups is 1. The van der Waals surface area contributed by atoms with E-state index in [0.29, 0.717) is 17.4 Å². The van der Waals surface area contributed by atoms with Crippen molar-refractivity contribution >= 4 is 13.7 Å². The first-order valence-corrected chi connectivity index (χ1v) is 29.9. The van der Waals surface area contributed by atoms with Crippen LogP contribution in [-0.2, 0) is 18.4 Å². The van der Waals surface area contributed by atoms with Crippen molar-refractivity contribution in [3.8, 4) is 0 Å². The number of likely N-dealkylation sites (N-methyl/N-ethyl adjacent to an activating group) is 1. The number of quaternary nitrogens is 1. The lowest BCUT2D eigenvalue weighted by Gasteiger charge is -2.25. The van der Waals surface area contributed by atoms with Gasteiger partial charge in [0.05, 0.1) is 39.9 Å². The molecule has 0 radical (unpaired) electrons. The van der Waals surface area contributed by atoms with E-state index in [4.69, 9.17) is 9.05 Å². The van der Waals surface area contributed by atoms with E-state index >= 15 is 0 Å². The molecular formula is C57H112N2O6P+. The molecule has 8 nitrogen and oxygen atoms in total. The molecule has 0 aromatic heterocycles. The van der Waals surface area contributed by atoms with Crippen molar-refractivity contribution in [1.82, 2.24) is 5.32 Å². The zero-order chi connectivity index (χ0) is 48.5. The summed E-state index contributed by atoms with van der Waals surface area (Å²) in [5.74, 6) is -0.185. The number of unbranched alkanes of at least 4 members (excludes halogenated alkanes) is 35. The van der Waals surface area contributed by atoms with Gasteiger partial charge in [-0.15, -0.1) is 0 Å². The fourth-order valence-electron chi connectivity index (χ4n) is 8.35. The fourth-order valence-corrected chi connectivity index (χ4v) is 9.08. The Morgan fingerprint density at radius 2 is 0.833 bits per heavy atom. The SMILES string of the molecule is CCCCCCCCCCCC/C=C/CC/C=C/C(O)C(COP(=O)(O)OCC[N+](C)(C)C)NC(=O)CCCCCCCCCCCCCC/C=C\CCCCCCCCCCCCCC. The summed E-state index contributed by atoms with van der Waals surface area (Å²) in [7, 11) is 1.56. The van der Waals surface area contributed by atoms with Crippen LogP contribution in [0.1, 0.15) is 271 Å². The number of hydrogen-bond acceptors (Lipinski definition) is 5. The summed E-state index contributed by atoms with van der Waals surface area (Å²) in [5, 5.41) is 13.9. The number of nitrogens with one attached hydrogen (secondary N) is 1. The highest BCUT2D eigenvalue weighted by Gasteiger charge is 2.27. The lowest BCUT2D eigenvalue weighted by atomic mass is 10.0. The molecule has 390 valence electrons. The van der Waals surface area contributed by atoms with Crippen LogP contribution >= 0.6 is 7.82 Å². The number of carbonyl (C=O) groups excluding carboxylic acids is 1. The molecule has 3 unspecified atom stereocenters. The largest absolute Gasteiger partial charge is 0.472 e. The molecule has 9 heteroatoms. The lowest BCUT2D eigenvalue weighted by molar-refractivity contribution is -0.870. The summed E-state index contributed by atoms with van der Waals surface area (Å²) in [6.07, 6.45) is 62.5. The quantitative estimate of drug-likeness (QED) is 0.0243. The van der Waals surface area contributed by atoms with E-state index in [1.54, 1.807) is 6.08 Å². The highest BCUT2D eigenvalue weighted by Crippen LogP contribution is 2.43. The van der Waals surface area contributed by atoms with Gasteiger partial charge in [-0.2, -0.15) is 0 Å². The minimum absolute atomic E-state index is 0.0568. The third-order valence-electron chi connectivity index (χ3n) is 12.8. The number of aliphatic hydroxyl groups excluding tert-OH is 1. The molecule has 0 rings (SSSR count). The summed E-state index contributed by atoms with van der Waals surface area (Å²) in [5.41, 5.74) is 0. The second-order valence-electron chi connectivity index (χ2n) is 20.7. The molecule has 0 spiro atoms. The van der Waals surface area contributed by atoms with Crippen LogP contribution in [0.3, 0.4) is 0 Å².